The van der Waals surface area contributed by atoms with E-state index >= 15 is 0 Å². The third-order valence-electron chi connectivity index (χ3n) is 6.48. The van der Waals surface area contributed by atoms with Crippen molar-refractivity contribution in [2.24, 2.45) is 0 Å². The number of aromatic nitrogens is 1. The molecule has 0 unspecified atom stereocenters. The minimum absolute atomic E-state index is 0.0374. The van der Waals surface area contributed by atoms with Gasteiger partial charge in [0.1, 0.15) is 11.5 Å². The fraction of sp³-hybridized carbons (Fsp3) is 0.286. The van der Waals surface area contributed by atoms with Crippen LogP contribution in [0.3, 0.4) is 0 Å². The van der Waals surface area contributed by atoms with E-state index < -0.39 is 5.92 Å². The molecule has 174 valence electrons. The molecule has 34 heavy (non-hydrogen) atoms. The van der Waals surface area contributed by atoms with Crippen LogP contribution in [0.25, 0.3) is 10.2 Å². The fourth-order valence-electron chi connectivity index (χ4n) is 4.51. The highest BCUT2D eigenvalue weighted by Crippen LogP contribution is 2.45. The molecule has 6 heteroatoms. The summed E-state index contributed by atoms with van der Waals surface area (Å²) in [5, 5.41) is 0.758. The molecule has 0 saturated heterocycles. The standard InChI is InChI=1S/C28H29N3O2S/c1-18-14-15-24-26(19(18)2)29-28(34-24)31(17-9-16-30(3)4)27(32)25-20-10-5-7-12-22(20)33-23-13-8-6-11-21(23)25/h5-8,10-15,25H,9,16-17H2,1-4H3. The van der Waals surface area contributed by atoms with Crippen molar-refractivity contribution < 1.29 is 9.53 Å². The predicted octanol–water partition coefficient (Wildman–Crippen LogP) is 6.14. The van der Waals surface area contributed by atoms with E-state index in [4.69, 9.17) is 9.72 Å². The molecule has 0 aliphatic carbocycles. The summed E-state index contributed by atoms with van der Waals surface area (Å²) in [4.78, 5) is 23.4. The molecule has 2 heterocycles. The van der Waals surface area contributed by atoms with Gasteiger partial charge in [0.15, 0.2) is 5.13 Å². The predicted molar refractivity (Wildman–Crippen MR) is 139 cm³/mol. The second kappa shape index (κ2) is 9.20. The Morgan fingerprint density at radius 3 is 2.24 bits per heavy atom. The molecule has 0 bridgehead atoms. The molecular weight excluding hydrogens is 442 g/mol. The molecule has 0 radical (unpaired) electrons. The number of hydrogen-bond acceptors (Lipinski definition) is 5. The van der Waals surface area contributed by atoms with E-state index in [0.29, 0.717) is 6.54 Å². The van der Waals surface area contributed by atoms with E-state index in [1.807, 2.05) is 53.4 Å². The van der Waals surface area contributed by atoms with Gasteiger partial charge in [0.05, 0.1) is 16.1 Å². The van der Waals surface area contributed by atoms with E-state index in [-0.39, 0.29) is 5.91 Å². The summed E-state index contributed by atoms with van der Waals surface area (Å²) in [5.41, 5.74) is 5.16. The Morgan fingerprint density at radius 1 is 0.941 bits per heavy atom. The van der Waals surface area contributed by atoms with Crippen molar-refractivity contribution in [2.75, 3.05) is 32.1 Å². The maximum absolute atomic E-state index is 14.4. The van der Waals surface area contributed by atoms with Crippen LogP contribution in [0.15, 0.2) is 60.7 Å². The van der Waals surface area contributed by atoms with Crippen LogP contribution in [0.4, 0.5) is 5.13 Å². The van der Waals surface area contributed by atoms with Crippen LogP contribution in [-0.2, 0) is 4.79 Å². The number of anilines is 1. The minimum Gasteiger partial charge on any atom is -0.457 e. The normalized spacial score (nSPS) is 13.0. The summed E-state index contributed by atoms with van der Waals surface area (Å²) in [6, 6.07) is 19.9. The summed E-state index contributed by atoms with van der Waals surface area (Å²) in [6.45, 7) is 5.71. The Kier molecular flexibility index (Phi) is 6.11. The highest BCUT2D eigenvalue weighted by atomic mass is 32.1. The number of fused-ring (bicyclic) bond motifs is 3. The van der Waals surface area contributed by atoms with Crippen molar-refractivity contribution in [3.8, 4) is 11.5 Å². The van der Waals surface area contributed by atoms with Crippen LogP contribution in [-0.4, -0.2) is 43.0 Å². The Balaban J connectivity index is 1.60. The van der Waals surface area contributed by atoms with E-state index in [0.717, 1.165) is 50.9 Å². The lowest BCUT2D eigenvalue weighted by Crippen LogP contribution is -2.38. The number of carbonyl (C=O) groups is 1. The number of aryl methyl sites for hydroxylation is 2. The van der Waals surface area contributed by atoms with Crippen molar-refractivity contribution in [2.45, 2.75) is 26.2 Å². The lowest BCUT2D eigenvalue weighted by Gasteiger charge is -2.31. The van der Waals surface area contributed by atoms with Gasteiger partial charge in [-0.1, -0.05) is 53.8 Å². The van der Waals surface area contributed by atoms with E-state index in [2.05, 4.69) is 45.0 Å². The highest BCUT2D eigenvalue weighted by Gasteiger charge is 2.36. The third-order valence-corrected chi connectivity index (χ3v) is 7.53. The van der Waals surface area contributed by atoms with Gasteiger partial charge < -0.3 is 9.64 Å². The number of carbonyl (C=O) groups excluding carboxylic acids is 1. The van der Waals surface area contributed by atoms with E-state index in [1.54, 1.807) is 11.3 Å². The van der Waals surface area contributed by atoms with Crippen LogP contribution in [0.1, 0.15) is 34.6 Å². The molecular formula is C28H29N3O2S. The van der Waals surface area contributed by atoms with Crippen LogP contribution >= 0.6 is 11.3 Å². The van der Waals surface area contributed by atoms with Gasteiger partial charge in [-0.25, -0.2) is 4.98 Å². The van der Waals surface area contributed by atoms with Gasteiger partial charge in [-0.3, -0.25) is 9.69 Å². The topological polar surface area (TPSA) is 45.7 Å². The summed E-state index contributed by atoms with van der Waals surface area (Å²) >= 11 is 1.59. The zero-order valence-corrected chi connectivity index (χ0v) is 20.9. The smallest absolute Gasteiger partial charge is 0.241 e. The van der Waals surface area contributed by atoms with E-state index in [9.17, 15) is 4.79 Å². The van der Waals surface area contributed by atoms with Gasteiger partial charge in [-0.05, 0) is 70.2 Å². The van der Waals surface area contributed by atoms with Crippen molar-refractivity contribution in [3.05, 3.63) is 82.9 Å². The molecule has 1 aromatic heterocycles. The lowest BCUT2D eigenvalue weighted by molar-refractivity contribution is -0.119. The maximum atomic E-state index is 14.4. The maximum Gasteiger partial charge on any atom is 0.241 e. The molecule has 1 aliphatic heterocycles. The molecule has 0 saturated carbocycles. The van der Waals surface area contributed by atoms with Crippen molar-refractivity contribution in [3.63, 3.8) is 0 Å². The van der Waals surface area contributed by atoms with Gasteiger partial charge in [0.2, 0.25) is 5.91 Å². The van der Waals surface area contributed by atoms with Gasteiger partial charge >= 0.3 is 0 Å². The lowest BCUT2D eigenvalue weighted by atomic mass is 9.87. The Morgan fingerprint density at radius 2 is 1.59 bits per heavy atom. The van der Waals surface area contributed by atoms with Gasteiger partial charge in [-0.2, -0.15) is 0 Å². The molecule has 0 N–H and O–H groups in total. The van der Waals surface area contributed by atoms with Crippen LogP contribution in [0, 0.1) is 13.8 Å². The third kappa shape index (κ3) is 4.08. The first kappa shape index (κ1) is 22.6. The number of thiazole rings is 1. The summed E-state index contributed by atoms with van der Waals surface area (Å²) in [7, 11) is 4.11. The Hall–Kier alpha value is -3.22. The average molecular weight is 472 g/mol. The number of benzene rings is 3. The molecule has 0 atom stereocenters. The van der Waals surface area contributed by atoms with Crippen molar-refractivity contribution in [1.82, 2.24) is 9.88 Å². The second-order valence-corrected chi connectivity index (χ2v) is 10.1. The molecule has 5 nitrogen and oxygen atoms in total. The number of hydrogen-bond donors (Lipinski definition) is 0. The average Bonchev–Trinajstić information content (AvgIpc) is 3.27. The molecule has 0 fully saturated rings. The monoisotopic (exact) mass is 471 g/mol. The fourth-order valence-corrected chi connectivity index (χ4v) is 5.56. The Labute approximate surface area is 204 Å². The molecule has 1 aliphatic rings. The van der Waals surface area contributed by atoms with Gasteiger partial charge in [0.25, 0.3) is 0 Å². The minimum atomic E-state index is -0.435. The van der Waals surface area contributed by atoms with Gasteiger partial charge in [-0.15, -0.1) is 0 Å². The van der Waals surface area contributed by atoms with E-state index in [1.165, 1.54) is 11.1 Å². The van der Waals surface area contributed by atoms with Crippen LogP contribution in [0.2, 0.25) is 0 Å². The molecule has 1 amide bonds. The first-order valence-electron chi connectivity index (χ1n) is 11.6. The number of ether oxygens (including phenoxy) is 1. The molecule has 5 rings (SSSR count). The van der Waals surface area contributed by atoms with Crippen molar-refractivity contribution >= 4 is 32.6 Å². The largest absolute Gasteiger partial charge is 0.457 e. The quantitative estimate of drug-likeness (QED) is 0.339. The van der Waals surface area contributed by atoms with Gasteiger partial charge in [0, 0.05) is 17.7 Å². The number of para-hydroxylation sites is 2. The van der Waals surface area contributed by atoms with Crippen LogP contribution < -0.4 is 9.64 Å². The second-order valence-electron chi connectivity index (χ2n) is 9.11. The molecule has 4 aromatic rings. The molecule has 3 aromatic carbocycles. The zero-order valence-electron chi connectivity index (χ0n) is 20.0. The first-order valence-corrected chi connectivity index (χ1v) is 12.4. The summed E-state index contributed by atoms with van der Waals surface area (Å²) in [5.74, 6) is 1.08. The SMILES string of the molecule is Cc1ccc2sc(N(CCCN(C)C)C(=O)C3c4ccccc4Oc4ccccc43)nc2c1C. The van der Waals surface area contributed by atoms with Crippen molar-refractivity contribution in [1.29, 1.82) is 0 Å². The highest BCUT2D eigenvalue weighted by molar-refractivity contribution is 7.22. The number of rotatable bonds is 6. The molecule has 0 spiro atoms. The number of amides is 1. The number of nitrogens with zero attached hydrogens (tertiary/aromatic N) is 3. The van der Waals surface area contributed by atoms with Crippen LogP contribution in [0.5, 0.6) is 11.5 Å². The zero-order chi connectivity index (χ0) is 23.8. The summed E-state index contributed by atoms with van der Waals surface area (Å²) in [6.07, 6.45) is 0.860. The first-order chi connectivity index (χ1) is 16.4. The Bertz CT molecular complexity index is 1320. The summed E-state index contributed by atoms with van der Waals surface area (Å²) < 4.78 is 7.25.